The summed E-state index contributed by atoms with van der Waals surface area (Å²) in [5.74, 6) is 1.92. The molecule has 0 aliphatic carbocycles. The number of hydrogen-bond donors (Lipinski definition) is 2. The second kappa shape index (κ2) is 8.12. The van der Waals surface area contributed by atoms with E-state index in [9.17, 15) is 0 Å². The lowest BCUT2D eigenvalue weighted by Gasteiger charge is -2.18. The van der Waals surface area contributed by atoms with Crippen molar-refractivity contribution in [1.29, 1.82) is 0 Å². The van der Waals surface area contributed by atoms with Crippen LogP contribution in [0.1, 0.15) is 32.0 Å². The highest BCUT2D eigenvalue weighted by molar-refractivity contribution is 5.70. The SMILES string of the molecule is CNc1nc(NCCc2ccccc2)ncc1-c1nccc(C(C)(C)C)n1. The molecule has 0 unspecified atom stereocenters. The van der Waals surface area contributed by atoms with Gasteiger partial charge in [-0.3, -0.25) is 0 Å². The monoisotopic (exact) mass is 362 g/mol. The van der Waals surface area contributed by atoms with Crippen LogP contribution in [-0.4, -0.2) is 33.5 Å². The molecule has 0 radical (unpaired) electrons. The van der Waals surface area contributed by atoms with Crippen LogP contribution in [0.2, 0.25) is 0 Å². The van der Waals surface area contributed by atoms with Gasteiger partial charge < -0.3 is 10.6 Å². The first-order chi connectivity index (χ1) is 13.0. The van der Waals surface area contributed by atoms with E-state index in [1.165, 1.54) is 5.56 Å². The van der Waals surface area contributed by atoms with Gasteiger partial charge in [-0.05, 0) is 18.1 Å². The number of hydrogen-bond acceptors (Lipinski definition) is 6. The smallest absolute Gasteiger partial charge is 0.224 e. The molecular weight excluding hydrogens is 336 g/mol. The maximum atomic E-state index is 4.70. The summed E-state index contributed by atoms with van der Waals surface area (Å²) in [6, 6.07) is 12.3. The van der Waals surface area contributed by atoms with E-state index in [2.05, 4.69) is 58.5 Å². The van der Waals surface area contributed by atoms with Crippen LogP contribution >= 0.6 is 0 Å². The molecule has 0 saturated carbocycles. The van der Waals surface area contributed by atoms with E-state index in [-0.39, 0.29) is 5.41 Å². The number of nitrogens with one attached hydrogen (secondary N) is 2. The quantitative estimate of drug-likeness (QED) is 0.692. The summed E-state index contributed by atoms with van der Waals surface area (Å²) in [4.78, 5) is 18.1. The van der Waals surface area contributed by atoms with Gasteiger partial charge in [-0.15, -0.1) is 0 Å². The third-order valence-electron chi connectivity index (χ3n) is 4.23. The van der Waals surface area contributed by atoms with Crippen molar-refractivity contribution >= 4 is 11.8 Å². The summed E-state index contributed by atoms with van der Waals surface area (Å²) in [7, 11) is 1.84. The van der Waals surface area contributed by atoms with E-state index >= 15 is 0 Å². The molecule has 0 atom stereocenters. The zero-order valence-electron chi connectivity index (χ0n) is 16.3. The molecule has 3 rings (SSSR count). The van der Waals surface area contributed by atoms with Gasteiger partial charge in [0.1, 0.15) is 5.82 Å². The van der Waals surface area contributed by atoms with E-state index in [4.69, 9.17) is 4.98 Å². The summed E-state index contributed by atoms with van der Waals surface area (Å²) in [6.45, 7) is 7.17. The fraction of sp³-hybridized carbons (Fsp3) is 0.333. The van der Waals surface area contributed by atoms with Gasteiger partial charge in [-0.1, -0.05) is 51.1 Å². The van der Waals surface area contributed by atoms with E-state index in [1.807, 2.05) is 31.3 Å². The van der Waals surface area contributed by atoms with Crippen molar-refractivity contribution in [2.24, 2.45) is 0 Å². The predicted octanol–water partition coefficient (Wildman–Crippen LogP) is 3.93. The van der Waals surface area contributed by atoms with Crippen molar-refractivity contribution in [2.75, 3.05) is 24.2 Å². The molecule has 2 aromatic heterocycles. The highest BCUT2D eigenvalue weighted by atomic mass is 15.1. The molecule has 0 bridgehead atoms. The number of anilines is 2. The van der Waals surface area contributed by atoms with Gasteiger partial charge in [0.15, 0.2) is 5.82 Å². The van der Waals surface area contributed by atoms with Crippen molar-refractivity contribution in [2.45, 2.75) is 32.6 Å². The average molecular weight is 362 g/mol. The van der Waals surface area contributed by atoms with Crippen LogP contribution in [0.5, 0.6) is 0 Å². The lowest BCUT2D eigenvalue weighted by atomic mass is 9.92. The van der Waals surface area contributed by atoms with Gasteiger partial charge >= 0.3 is 0 Å². The molecule has 0 saturated heterocycles. The Morgan fingerprint density at radius 2 is 1.74 bits per heavy atom. The Bertz CT molecular complexity index is 887. The third kappa shape index (κ3) is 4.78. The minimum absolute atomic E-state index is 0.0444. The highest BCUT2D eigenvalue weighted by Crippen LogP contribution is 2.26. The third-order valence-corrected chi connectivity index (χ3v) is 4.23. The van der Waals surface area contributed by atoms with Gasteiger partial charge in [0.2, 0.25) is 5.95 Å². The Morgan fingerprint density at radius 1 is 0.963 bits per heavy atom. The van der Waals surface area contributed by atoms with Gasteiger partial charge in [0, 0.05) is 37.1 Å². The van der Waals surface area contributed by atoms with Gasteiger partial charge in [-0.25, -0.2) is 15.0 Å². The zero-order valence-corrected chi connectivity index (χ0v) is 16.3. The number of aromatic nitrogens is 4. The molecule has 0 spiro atoms. The molecule has 140 valence electrons. The van der Waals surface area contributed by atoms with Crippen molar-refractivity contribution in [3.8, 4) is 11.4 Å². The average Bonchev–Trinajstić information content (AvgIpc) is 2.68. The van der Waals surface area contributed by atoms with E-state index < -0.39 is 0 Å². The van der Waals surface area contributed by atoms with E-state index in [1.54, 1.807) is 12.4 Å². The molecule has 6 nitrogen and oxygen atoms in total. The lowest BCUT2D eigenvalue weighted by Crippen LogP contribution is -2.14. The molecule has 3 aromatic rings. The van der Waals surface area contributed by atoms with Crippen LogP contribution in [-0.2, 0) is 11.8 Å². The summed E-state index contributed by atoms with van der Waals surface area (Å²) in [5.41, 5.74) is 3.01. The highest BCUT2D eigenvalue weighted by Gasteiger charge is 2.18. The van der Waals surface area contributed by atoms with Crippen molar-refractivity contribution in [1.82, 2.24) is 19.9 Å². The standard InChI is InChI=1S/C21H26N6/c1-21(2,3)17-11-13-23-19(26-17)16-14-25-20(27-18(16)22-4)24-12-10-15-8-6-5-7-9-15/h5-9,11,13-14H,10,12H2,1-4H3,(H2,22,24,25,27). The topological polar surface area (TPSA) is 75.6 Å². The van der Waals surface area contributed by atoms with Crippen LogP contribution in [0.3, 0.4) is 0 Å². The molecule has 27 heavy (non-hydrogen) atoms. The molecular formula is C21H26N6. The Hall–Kier alpha value is -3.02. The summed E-state index contributed by atoms with van der Waals surface area (Å²) in [5, 5.41) is 6.41. The van der Waals surface area contributed by atoms with Crippen LogP contribution < -0.4 is 10.6 Å². The van der Waals surface area contributed by atoms with E-state index in [0.29, 0.717) is 17.6 Å². The second-order valence-corrected chi connectivity index (χ2v) is 7.38. The number of nitrogens with zero attached hydrogens (tertiary/aromatic N) is 4. The predicted molar refractivity (Wildman–Crippen MR) is 110 cm³/mol. The first kappa shape index (κ1) is 18.8. The van der Waals surface area contributed by atoms with Crippen LogP contribution in [0, 0.1) is 0 Å². The number of benzene rings is 1. The van der Waals surface area contributed by atoms with Gasteiger partial charge in [-0.2, -0.15) is 4.98 Å². The zero-order chi connectivity index (χ0) is 19.3. The fourth-order valence-electron chi connectivity index (χ4n) is 2.69. The molecule has 2 N–H and O–H groups in total. The molecule has 0 aliphatic heterocycles. The van der Waals surface area contributed by atoms with Crippen molar-refractivity contribution in [3.63, 3.8) is 0 Å². The molecule has 0 amide bonds. The summed E-state index contributed by atoms with van der Waals surface area (Å²) < 4.78 is 0. The summed E-state index contributed by atoms with van der Waals surface area (Å²) in [6.07, 6.45) is 4.47. The fourth-order valence-corrected chi connectivity index (χ4v) is 2.69. The molecule has 6 heteroatoms. The number of rotatable bonds is 6. The Morgan fingerprint density at radius 3 is 2.44 bits per heavy atom. The molecule has 2 heterocycles. The second-order valence-electron chi connectivity index (χ2n) is 7.38. The van der Waals surface area contributed by atoms with Crippen LogP contribution in [0.4, 0.5) is 11.8 Å². The van der Waals surface area contributed by atoms with E-state index in [0.717, 1.165) is 24.2 Å². The van der Waals surface area contributed by atoms with Crippen LogP contribution in [0.25, 0.3) is 11.4 Å². The largest absolute Gasteiger partial charge is 0.372 e. The molecule has 0 aliphatic rings. The van der Waals surface area contributed by atoms with Crippen molar-refractivity contribution < 1.29 is 0 Å². The molecule has 1 aromatic carbocycles. The Balaban J connectivity index is 1.76. The minimum Gasteiger partial charge on any atom is -0.372 e. The normalized spacial score (nSPS) is 11.3. The van der Waals surface area contributed by atoms with Crippen LogP contribution in [0.15, 0.2) is 48.8 Å². The molecule has 0 fully saturated rings. The maximum absolute atomic E-state index is 4.70. The first-order valence-corrected chi connectivity index (χ1v) is 9.14. The maximum Gasteiger partial charge on any atom is 0.224 e. The Kier molecular flexibility index (Phi) is 5.64. The minimum atomic E-state index is -0.0444. The summed E-state index contributed by atoms with van der Waals surface area (Å²) >= 11 is 0. The lowest BCUT2D eigenvalue weighted by molar-refractivity contribution is 0.568. The van der Waals surface area contributed by atoms with Crippen molar-refractivity contribution in [3.05, 3.63) is 60.0 Å². The Labute approximate surface area is 160 Å². The first-order valence-electron chi connectivity index (χ1n) is 9.14. The van der Waals surface area contributed by atoms with Gasteiger partial charge in [0.25, 0.3) is 0 Å². The van der Waals surface area contributed by atoms with Gasteiger partial charge in [0.05, 0.1) is 5.56 Å².